The minimum atomic E-state index is -1.14. The van der Waals surface area contributed by atoms with Crippen molar-refractivity contribution in [2.24, 2.45) is 23.7 Å². The molecule has 11 unspecified atom stereocenters. The quantitative estimate of drug-likeness (QED) is 0.360. The Bertz CT molecular complexity index is 1070. The zero-order chi connectivity index (χ0) is 31.3. The number of hydrogen-bond acceptors (Lipinski definition) is 7. The van der Waals surface area contributed by atoms with Crippen molar-refractivity contribution in [2.45, 2.75) is 134 Å². The Kier molecular flexibility index (Phi) is 9.60. The summed E-state index contributed by atoms with van der Waals surface area (Å²) in [4.78, 5) is 33.3. The summed E-state index contributed by atoms with van der Waals surface area (Å²) in [6, 6.07) is -0.592. The number of piperazine rings is 1. The average molecular weight is 619 g/mol. The molecule has 11 heteroatoms. The van der Waals surface area contributed by atoms with Gasteiger partial charge >= 0.3 is 6.03 Å². The Hall–Kier alpha value is -1.79. The average Bonchev–Trinajstić information content (AvgIpc) is 2.99. The van der Waals surface area contributed by atoms with E-state index in [9.17, 15) is 14.7 Å². The molecule has 0 radical (unpaired) electrons. The molecule has 6 fully saturated rings. The number of amides is 3. The Morgan fingerprint density at radius 2 is 1.89 bits per heavy atom. The van der Waals surface area contributed by atoms with Gasteiger partial charge in [0, 0.05) is 55.7 Å². The summed E-state index contributed by atoms with van der Waals surface area (Å²) in [7, 11) is 0. The third kappa shape index (κ3) is 5.80. The summed E-state index contributed by atoms with van der Waals surface area (Å²) >= 11 is 0. The highest BCUT2D eigenvalue weighted by molar-refractivity contribution is 5.87. The number of ether oxygens (including phenoxy) is 1. The number of rotatable bonds is 3. The molecule has 1 aliphatic carbocycles. The number of aliphatic hydroxyl groups is 1. The van der Waals surface area contributed by atoms with E-state index in [2.05, 4.69) is 53.1 Å². The van der Waals surface area contributed by atoms with Crippen molar-refractivity contribution >= 4 is 11.9 Å². The van der Waals surface area contributed by atoms with Crippen molar-refractivity contribution in [1.29, 1.82) is 0 Å². The zero-order valence-electron chi connectivity index (χ0n) is 27.0. The third-order valence-electron chi connectivity index (χ3n) is 11.8. The van der Waals surface area contributed by atoms with Gasteiger partial charge in [0.2, 0.25) is 5.91 Å². The maximum absolute atomic E-state index is 16.6. The van der Waals surface area contributed by atoms with Crippen LogP contribution in [0.1, 0.15) is 72.6 Å². The number of nitrogens with one attached hydrogen (secondary N) is 3. The first-order valence-electron chi connectivity index (χ1n) is 17.3. The molecule has 13 atom stereocenters. The van der Waals surface area contributed by atoms with Gasteiger partial charge in [-0.3, -0.25) is 15.0 Å². The van der Waals surface area contributed by atoms with E-state index < -0.39 is 24.4 Å². The molecule has 5 saturated heterocycles. The van der Waals surface area contributed by atoms with Crippen LogP contribution in [-0.2, 0) is 9.53 Å². The number of carbonyl (C=O) groups excluding carboxylic acids is 2. The highest BCUT2D eigenvalue weighted by Crippen LogP contribution is 2.43. The molecule has 6 aliphatic rings. The maximum Gasteiger partial charge on any atom is 0.320 e. The third-order valence-corrected chi connectivity index (χ3v) is 11.8. The highest BCUT2D eigenvalue weighted by atomic mass is 19.1. The van der Waals surface area contributed by atoms with Gasteiger partial charge in [-0.25, -0.2) is 9.18 Å². The van der Waals surface area contributed by atoms with E-state index in [4.69, 9.17) is 4.74 Å². The minimum Gasteiger partial charge on any atom is -0.390 e. The number of hydrogen-bond donors (Lipinski definition) is 4. The van der Waals surface area contributed by atoms with Crippen molar-refractivity contribution in [3.63, 3.8) is 0 Å². The Morgan fingerprint density at radius 1 is 1.09 bits per heavy atom. The molecule has 10 nitrogen and oxygen atoms in total. The van der Waals surface area contributed by atoms with Gasteiger partial charge in [-0.15, -0.1) is 0 Å². The molecule has 1 saturated carbocycles. The monoisotopic (exact) mass is 618 g/mol. The second-order valence-electron chi connectivity index (χ2n) is 14.8. The van der Waals surface area contributed by atoms with Gasteiger partial charge in [-0.1, -0.05) is 26.8 Å². The van der Waals surface area contributed by atoms with Crippen molar-refractivity contribution in [1.82, 2.24) is 30.7 Å². The van der Waals surface area contributed by atoms with Crippen LogP contribution in [0.15, 0.2) is 12.7 Å². The molecular weight excluding hydrogens is 563 g/mol. The molecule has 2 bridgehead atoms. The molecule has 4 N–H and O–H groups in total. The fraction of sp³-hybridized carbons (Fsp3) is 0.879. The number of piperidine rings is 2. The predicted octanol–water partition coefficient (Wildman–Crippen LogP) is 2.43. The highest BCUT2D eigenvalue weighted by Gasteiger charge is 2.57. The SMILES string of the molecule is C=CC(=O)N1C[C@H](C)N(C2NC(=O)N3C4NC(C(F)CC42)C2CCCC(O)C2OCCCC2CCNC(C(C)C)C23)C[C@H]1C. The molecule has 0 aromatic rings. The number of halogens is 1. The largest absolute Gasteiger partial charge is 0.390 e. The molecular formula is C33H55FN6O4. The molecule has 5 heterocycles. The summed E-state index contributed by atoms with van der Waals surface area (Å²) in [5.74, 6) is 0.167. The van der Waals surface area contributed by atoms with Gasteiger partial charge in [0.15, 0.2) is 0 Å². The lowest BCUT2D eigenvalue weighted by Crippen LogP contribution is -2.80. The van der Waals surface area contributed by atoms with E-state index in [1.807, 2.05) is 11.8 Å². The molecule has 0 aromatic carbocycles. The number of fused-ring (bicyclic) bond motifs is 5. The zero-order valence-corrected chi connectivity index (χ0v) is 27.0. The summed E-state index contributed by atoms with van der Waals surface area (Å²) in [6.07, 6.45) is 3.89. The van der Waals surface area contributed by atoms with Crippen molar-refractivity contribution in [3.05, 3.63) is 12.7 Å². The van der Waals surface area contributed by atoms with E-state index >= 15 is 4.39 Å². The summed E-state index contributed by atoms with van der Waals surface area (Å²) < 4.78 is 23.0. The van der Waals surface area contributed by atoms with Gasteiger partial charge in [0.05, 0.1) is 30.6 Å². The normalized spacial score (nSPS) is 45.3. The summed E-state index contributed by atoms with van der Waals surface area (Å²) in [6.45, 7) is 14.8. The van der Waals surface area contributed by atoms with E-state index in [0.29, 0.717) is 38.5 Å². The van der Waals surface area contributed by atoms with Gasteiger partial charge < -0.3 is 30.3 Å². The van der Waals surface area contributed by atoms with Crippen molar-refractivity contribution in [2.75, 3.05) is 26.2 Å². The first-order chi connectivity index (χ1) is 21.1. The van der Waals surface area contributed by atoms with Crippen LogP contribution in [0.25, 0.3) is 0 Å². The van der Waals surface area contributed by atoms with Crippen LogP contribution in [0.4, 0.5) is 9.18 Å². The fourth-order valence-corrected chi connectivity index (χ4v) is 9.72. The Balaban J connectivity index is 1.38. The fourth-order valence-electron chi connectivity index (χ4n) is 9.72. The van der Waals surface area contributed by atoms with Crippen LogP contribution >= 0.6 is 0 Å². The maximum atomic E-state index is 16.6. The number of aliphatic hydroxyl groups excluding tert-OH is 1. The second kappa shape index (κ2) is 13.1. The van der Waals surface area contributed by atoms with Crippen LogP contribution in [-0.4, -0.2) is 119 Å². The number of alkyl halides is 1. The lowest BCUT2D eigenvalue weighted by atomic mass is 9.72. The van der Waals surface area contributed by atoms with Crippen LogP contribution in [0.3, 0.4) is 0 Å². The molecule has 44 heavy (non-hydrogen) atoms. The summed E-state index contributed by atoms with van der Waals surface area (Å²) in [5.41, 5.74) is 0. The molecule has 6 rings (SSSR count). The van der Waals surface area contributed by atoms with Gasteiger partial charge in [0.1, 0.15) is 6.17 Å². The topological polar surface area (TPSA) is 109 Å². The van der Waals surface area contributed by atoms with Gasteiger partial charge in [-0.2, -0.15) is 0 Å². The number of carbonyl (C=O) groups is 2. The standard InChI is InChI=1S/C33H55FN6O4/c1-6-26(42)38-16-20(5)39(17-19(38)4)31-23-15-24(34)28-22-10-7-11-25(41)30(22)44-14-8-9-21-12-13-35-27(18(2)3)29(21)40(32(23)36-28)33(43)37-31/h6,18-25,27-32,35-36,41H,1,7-17H2,2-5H3,(H,37,43)/t19-,20+,21?,22?,23?,24?,25?,27?,28?,29?,30?,31?,32?/m1/s1. The van der Waals surface area contributed by atoms with Gasteiger partial charge in [0.25, 0.3) is 0 Å². The van der Waals surface area contributed by atoms with Gasteiger partial charge in [-0.05, 0) is 76.8 Å². The number of urea groups is 1. The first kappa shape index (κ1) is 32.2. The van der Waals surface area contributed by atoms with Crippen molar-refractivity contribution in [3.8, 4) is 0 Å². The van der Waals surface area contributed by atoms with E-state index in [-0.39, 0.29) is 66.2 Å². The lowest BCUT2D eigenvalue weighted by Gasteiger charge is -2.60. The lowest BCUT2D eigenvalue weighted by molar-refractivity contribution is -0.141. The second-order valence-corrected chi connectivity index (χ2v) is 14.8. The number of nitrogens with zero attached hydrogens (tertiary/aromatic N) is 3. The van der Waals surface area contributed by atoms with Crippen LogP contribution in [0.5, 0.6) is 0 Å². The summed E-state index contributed by atoms with van der Waals surface area (Å²) in [5, 5.41) is 21.9. The van der Waals surface area contributed by atoms with E-state index in [1.54, 1.807) is 0 Å². The van der Waals surface area contributed by atoms with Crippen LogP contribution in [0.2, 0.25) is 0 Å². The predicted molar refractivity (Wildman–Crippen MR) is 166 cm³/mol. The minimum absolute atomic E-state index is 0.0206. The molecule has 0 spiro atoms. The smallest absolute Gasteiger partial charge is 0.320 e. The molecule has 0 aromatic heterocycles. The molecule has 5 aliphatic heterocycles. The molecule has 3 amide bonds. The first-order valence-corrected chi connectivity index (χ1v) is 17.3. The van der Waals surface area contributed by atoms with Crippen LogP contribution in [0, 0.1) is 23.7 Å². The Morgan fingerprint density at radius 3 is 2.64 bits per heavy atom. The van der Waals surface area contributed by atoms with Crippen LogP contribution < -0.4 is 16.0 Å². The van der Waals surface area contributed by atoms with E-state index in [1.165, 1.54) is 6.08 Å². The van der Waals surface area contributed by atoms with Crippen molar-refractivity contribution < 1.29 is 23.8 Å². The molecule has 248 valence electrons. The Labute approximate surface area is 262 Å². The van der Waals surface area contributed by atoms with E-state index in [0.717, 1.165) is 38.6 Å².